The third kappa shape index (κ3) is 3.38. The number of carbonyl (C=O) groups is 1. The first-order chi connectivity index (χ1) is 11.2. The molecule has 1 fully saturated rings. The summed E-state index contributed by atoms with van der Waals surface area (Å²) in [6.45, 7) is 2.03. The molecule has 0 spiro atoms. The van der Waals surface area contributed by atoms with Crippen molar-refractivity contribution in [2.75, 3.05) is 6.61 Å². The predicted molar refractivity (Wildman–Crippen MR) is 81.8 cm³/mol. The number of piperidine rings is 1. The highest BCUT2D eigenvalue weighted by atomic mass is 19.4. The molecule has 1 aromatic heterocycles. The standard InChI is InChI=1S/C16H18F3N3O2/c1-9-3-11(23)4-10(21-9)7-24-12-5-13(16(17,18)19)15-14(6-12)20-8-22(15)2/h5-6,8-10,21H,3-4,7H2,1-2H3/t9-,10-/m0/s1. The Hall–Kier alpha value is -2.09. The summed E-state index contributed by atoms with van der Waals surface area (Å²) in [5.74, 6) is 0.229. The molecule has 3 rings (SSSR count). The Kier molecular flexibility index (Phi) is 4.25. The lowest BCUT2D eigenvalue weighted by Crippen LogP contribution is -2.47. The number of nitrogens with zero attached hydrogens (tertiary/aromatic N) is 2. The van der Waals surface area contributed by atoms with Gasteiger partial charge in [-0.2, -0.15) is 13.2 Å². The molecule has 2 heterocycles. The van der Waals surface area contributed by atoms with Gasteiger partial charge in [0.05, 0.1) is 22.9 Å². The lowest BCUT2D eigenvalue weighted by atomic mass is 9.99. The van der Waals surface area contributed by atoms with Gasteiger partial charge in [0.2, 0.25) is 0 Å². The van der Waals surface area contributed by atoms with Crippen molar-refractivity contribution in [3.8, 4) is 5.75 Å². The maximum absolute atomic E-state index is 13.3. The Labute approximate surface area is 136 Å². The molecule has 0 saturated carbocycles. The number of ketones is 1. The van der Waals surface area contributed by atoms with Crippen molar-refractivity contribution in [1.29, 1.82) is 0 Å². The fourth-order valence-corrected chi connectivity index (χ4v) is 3.09. The topological polar surface area (TPSA) is 56.1 Å². The first-order valence-corrected chi connectivity index (χ1v) is 7.67. The normalized spacial score (nSPS) is 22.1. The maximum Gasteiger partial charge on any atom is 0.418 e. The van der Waals surface area contributed by atoms with Crippen LogP contribution < -0.4 is 10.1 Å². The third-order valence-corrected chi connectivity index (χ3v) is 4.07. The van der Waals surface area contributed by atoms with Gasteiger partial charge in [0.15, 0.2) is 0 Å². The number of alkyl halides is 3. The summed E-state index contributed by atoms with van der Waals surface area (Å²) >= 11 is 0. The monoisotopic (exact) mass is 341 g/mol. The first kappa shape index (κ1) is 16.8. The Bertz CT molecular complexity index is 770. The summed E-state index contributed by atoms with van der Waals surface area (Å²) in [6.07, 6.45) is -2.37. The van der Waals surface area contributed by atoms with Crippen molar-refractivity contribution in [3.05, 3.63) is 24.0 Å². The van der Waals surface area contributed by atoms with Gasteiger partial charge < -0.3 is 14.6 Å². The minimum absolute atomic E-state index is 0.0226. The van der Waals surface area contributed by atoms with E-state index in [1.807, 2.05) is 6.92 Å². The van der Waals surface area contributed by atoms with E-state index < -0.39 is 11.7 Å². The van der Waals surface area contributed by atoms with Crippen molar-refractivity contribution < 1.29 is 22.7 Å². The lowest BCUT2D eigenvalue weighted by Gasteiger charge is -2.27. The number of rotatable bonds is 3. The van der Waals surface area contributed by atoms with E-state index in [4.69, 9.17) is 4.74 Å². The van der Waals surface area contributed by atoms with Gasteiger partial charge in [-0.3, -0.25) is 4.79 Å². The molecule has 8 heteroatoms. The number of imidazole rings is 1. The van der Waals surface area contributed by atoms with Crippen LogP contribution in [0.1, 0.15) is 25.3 Å². The van der Waals surface area contributed by atoms with Crippen LogP contribution in [-0.4, -0.2) is 34.0 Å². The molecular formula is C16H18F3N3O2. The zero-order chi connectivity index (χ0) is 17.5. The maximum atomic E-state index is 13.3. The molecule has 1 saturated heterocycles. The molecule has 0 unspecified atom stereocenters. The van der Waals surface area contributed by atoms with E-state index in [0.717, 1.165) is 6.07 Å². The zero-order valence-electron chi connectivity index (χ0n) is 13.4. The summed E-state index contributed by atoms with van der Waals surface area (Å²) in [6, 6.07) is 2.32. The largest absolute Gasteiger partial charge is 0.492 e. The van der Waals surface area contributed by atoms with Crippen LogP contribution in [0.2, 0.25) is 0 Å². The number of carbonyl (C=O) groups excluding carboxylic acids is 1. The van der Waals surface area contributed by atoms with Gasteiger partial charge in [0.25, 0.3) is 0 Å². The van der Waals surface area contributed by atoms with Crippen LogP contribution in [0, 0.1) is 0 Å². The molecular weight excluding hydrogens is 323 g/mol. The van der Waals surface area contributed by atoms with Gasteiger partial charge >= 0.3 is 6.18 Å². The second-order valence-electron chi connectivity index (χ2n) is 6.21. The number of halogens is 3. The SMILES string of the molecule is C[C@H]1CC(=O)C[C@@H](COc2cc(C(F)(F)F)c3c(c2)ncn3C)N1. The van der Waals surface area contributed by atoms with E-state index >= 15 is 0 Å². The van der Waals surface area contributed by atoms with Gasteiger partial charge in [0, 0.05) is 38.0 Å². The number of aryl methyl sites for hydroxylation is 1. The minimum atomic E-state index is -4.50. The van der Waals surface area contributed by atoms with Gasteiger partial charge in [-0.05, 0) is 13.0 Å². The molecule has 1 aliphatic rings. The van der Waals surface area contributed by atoms with Crippen LogP contribution in [0.15, 0.2) is 18.5 Å². The number of hydrogen-bond donors (Lipinski definition) is 1. The molecule has 2 atom stereocenters. The highest BCUT2D eigenvalue weighted by molar-refractivity contribution is 5.82. The Morgan fingerprint density at radius 3 is 2.79 bits per heavy atom. The second-order valence-corrected chi connectivity index (χ2v) is 6.21. The molecule has 1 aliphatic heterocycles. The number of nitrogens with one attached hydrogen (secondary N) is 1. The molecule has 130 valence electrons. The van der Waals surface area contributed by atoms with Crippen LogP contribution in [0.4, 0.5) is 13.2 Å². The van der Waals surface area contributed by atoms with Crippen molar-refractivity contribution in [1.82, 2.24) is 14.9 Å². The summed E-state index contributed by atoms with van der Waals surface area (Å²) in [7, 11) is 1.52. The Morgan fingerprint density at radius 1 is 1.38 bits per heavy atom. The molecule has 1 N–H and O–H groups in total. The predicted octanol–water partition coefficient (Wildman–Crippen LogP) is 2.68. The van der Waals surface area contributed by atoms with Gasteiger partial charge in [-0.1, -0.05) is 0 Å². The third-order valence-electron chi connectivity index (χ3n) is 4.07. The van der Waals surface area contributed by atoms with Gasteiger partial charge in [0.1, 0.15) is 18.1 Å². The van der Waals surface area contributed by atoms with Crippen molar-refractivity contribution >= 4 is 16.8 Å². The molecule has 0 radical (unpaired) electrons. The fourth-order valence-electron chi connectivity index (χ4n) is 3.09. The molecule has 0 amide bonds. The summed E-state index contributed by atoms with van der Waals surface area (Å²) < 4.78 is 46.8. The molecule has 0 bridgehead atoms. The van der Waals surface area contributed by atoms with E-state index in [2.05, 4.69) is 10.3 Å². The van der Waals surface area contributed by atoms with Crippen LogP contribution in [0.3, 0.4) is 0 Å². The van der Waals surface area contributed by atoms with Crippen LogP contribution in [0.25, 0.3) is 11.0 Å². The van der Waals surface area contributed by atoms with E-state index in [-0.39, 0.29) is 41.3 Å². The molecule has 1 aromatic carbocycles. The summed E-state index contributed by atoms with van der Waals surface area (Å²) in [5.41, 5.74) is -0.533. The van der Waals surface area contributed by atoms with Crippen LogP contribution >= 0.6 is 0 Å². The number of Topliss-reactive ketones (excluding diaryl/α,β-unsaturated/α-hetero) is 1. The minimum Gasteiger partial charge on any atom is -0.492 e. The van der Waals surface area contributed by atoms with E-state index in [9.17, 15) is 18.0 Å². The number of ether oxygens (including phenoxy) is 1. The molecule has 0 aliphatic carbocycles. The van der Waals surface area contributed by atoms with Crippen molar-refractivity contribution in [2.45, 2.75) is 38.0 Å². The highest BCUT2D eigenvalue weighted by Crippen LogP contribution is 2.37. The highest BCUT2D eigenvalue weighted by Gasteiger charge is 2.35. The quantitative estimate of drug-likeness (QED) is 0.933. The van der Waals surface area contributed by atoms with E-state index in [1.165, 1.54) is 24.0 Å². The summed E-state index contributed by atoms with van der Waals surface area (Å²) in [4.78, 5) is 15.6. The number of aromatic nitrogens is 2. The summed E-state index contributed by atoms with van der Waals surface area (Å²) in [5, 5.41) is 3.22. The van der Waals surface area contributed by atoms with Gasteiger partial charge in [-0.15, -0.1) is 0 Å². The average molecular weight is 341 g/mol. The van der Waals surface area contributed by atoms with Gasteiger partial charge in [-0.25, -0.2) is 4.98 Å². The number of fused-ring (bicyclic) bond motifs is 1. The van der Waals surface area contributed by atoms with Crippen LogP contribution in [-0.2, 0) is 18.0 Å². The number of hydrogen-bond acceptors (Lipinski definition) is 4. The average Bonchev–Trinajstić information content (AvgIpc) is 2.84. The van der Waals surface area contributed by atoms with Crippen molar-refractivity contribution in [2.24, 2.45) is 7.05 Å². The lowest BCUT2D eigenvalue weighted by molar-refractivity contribution is -0.136. The Balaban J connectivity index is 1.84. The molecule has 5 nitrogen and oxygen atoms in total. The van der Waals surface area contributed by atoms with E-state index in [1.54, 1.807) is 0 Å². The van der Waals surface area contributed by atoms with Crippen molar-refractivity contribution in [3.63, 3.8) is 0 Å². The fraction of sp³-hybridized carbons (Fsp3) is 0.500. The molecule has 24 heavy (non-hydrogen) atoms. The smallest absolute Gasteiger partial charge is 0.418 e. The zero-order valence-corrected chi connectivity index (χ0v) is 13.4. The second kappa shape index (κ2) is 6.08. The van der Waals surface area contributed by atoms with E-state index in [0.29, 0.717) is 12.8 Å². The Morgan fingerprint density at radius 2 is 2.12 bits per heavy atom. The molecule has 2 aromatic rings. The van der Waals surface area contributed by atoms with Crippen LogP contribution in [0.5, 0.6) is 5.75 Å². The number of benzene rings is 1. The first-order valence-electron chi connectivity index (χ1n) is 7.67.